The number of hydrogen-bond donors (Lipinski definition) is 0. The molecule has 1 rings (SSSR count). The molecule has 0 aliphatic rings. The first-order valence-electron chi connectivity index (χ1n) is 4.84. The van der Waals surface area contributed by atoms with Gasteiger partial charge in [0.05, 0.1) is 11.9 Å². The highest BCUT2D eigenvalue weighted by Gasteiger charge is 2.42. The lowest BCUT2D eigenvalue weighted by Crippen LogP contribution is -2.23. The Bertz CT molecular complexity index is 431. The Morgan fingerprint density at radius 2 is 1.88 bits per heavy atom. The molecule has 17 heavy (non-hydrogen) atoms. The fourth-order valence-corrected chi connectivity index (χ4v) is 3.38. The Labute approximate surface area is 96.0 Å². The van der Waals surface area contributed by atoms with E-state index in [2.05, 4.69) is 4.52 Å². The van der Waals surface area contributed by atoms with Crippen molar-refractivity contribution >= 4 is 12.7 Å². The van der Waals surface area contributed by atoms with Crippen LogP contribution in [0.15, 0.2) is 24.3 Å². The Kier molecular flexibility index (Phi) is 4.33. The molecule has 0 spiro atoms. The minimum absolute atomic E-state index is 0.179. The first-order chi connectivity index (χ1) is 7.78. The van der Waals surface area contributed by atoms with E-state index in [0.717, 1.165) is 12.1 Å². The van der Waals surface area contributed by atoms with Crippen LogP contribution < -0.4 is 5.30 Å². The third kappa shape index (κ3) is 3.82. The summed E-state index contributed by atoms with van der Waals surface area (Å²) in [6.07, 6.45) is -6.33. The molecule has 1 aromatic carbocycles. The van der Waals surface area contributed by atoms with Crippen molar-refractivity contribution in [2.45, 2.75) is 13.1 Å². The fraction of sp³-hybridized carbons (Fsp3) is 0.400. The van der Waals surface area contributed by atoms with Gasteiger partial charge in [-0.3, -0.25) is 4.57 Å². The minimum atomic E-state index is -4.67. The molecule has 1 unspecified atom stereocenters. The van der Waals surface area contributed by atoms with Gasteiger partial charge in [0.2, 0.25) is 7.37 Å². The first-order valence-corrected chi connectivity index (χ1v) is 6.65. The van der Waals surface area contributed by atoms with Gasteiger partial charge in [-0.15, -0.1) is 0 Å². The normalized spacial score (nSPS) is 15.6. The molecule has 0 heterocycles. The predicted molar refractivity (Wildman–Crippen MR) is 56.2 cm³/mol. The van der Waals surface area contributed by atoms with Crippen molar-refractivity contribution in [3.63, 3.8) is 0 Å². The van der Waals surface area contributed by atoms with Crippen molar-refractivity contribution in [2.24, 2.45) is 0 Å². The molecule has 1 atom stereocenters. The second kappa shape index (κ2) is 5.19. The molecule has 0 aliphatic heterocycles. The van der Waals surface area contributed by atoms with E-state index in [9.17, 15) is 22.1 Å². The maximum Gasteiger partial charge on any atom is 0.398 e. The van der Waals surface area contributed by atoms with E-state index in [-0.39, 0.29) is 6.61 Å². The maximum atomic E-state index is 13.4. The van der Waals surface area contributed by atoms with Crippen LogP contribution in [0.3, 0.4) is 0 Å². The second-order valence-corrected chi connectivity index (χ2v) is 5.72. The van der Waals surface area contributed by atoms with Crippen LogP contribution >= 0.6 is 7.37 Å². The van der Waals surface area contributed by atoms with Gasteiger partial charge in [-0.2, -0.15) is 13.2 Å². The van der Waals surface area contributed by atoms with Gasteiger partial charge in [0.1, 0.15) is 12.0 Å². The van der Waals surface area contributed by atoms with E-state index in [1.165, 1.54) is 19.1 Å². The molecule has 0 aromatic heterocycles. The smallest absolute Gasteiger partial charge is 0.325 e. The number of halogens is 4. The van der Waals surface area contributed by atoms with Gasteiger partial charge >= 0.3 is 6.18 Å². The van der Waals surface area contributed by atoms with Crippen molar-refractivity contribution in [3.05, 3.63) is 30.1 Å². The van der Waals surface area contributed by atoms with E-state index in [1.807, 2.05) is 0 Å². The van der Waals surface area contributed by atoms with Gasteiger partial charge in [0.15, 0.2) is 0 Å². The molecule has 1 aromatic rings. The maximum absolute atomic E-state index is 13.4. The zero-order valence-corrected chi connectivity index (χ0v) is 9.89. The SMILES string of the molecule is CCOP(=O)(CC(F)(F)F)c1ccccc1F. The van der Waals surface area contributed by atoms with Gasteiger partial charge in [-0.25, -0.2) is 4.39 Å². The second-order valence-electron chi connectivity index (χ2n) is 3.32. The van der Waals surface area contributed by atoms with E-state index in [1.54, 1.807) is 0 Å². The summed E-state index contributed by atoms with van der Waals surface area (Å²) in [7, 11) is -4.23. The monoisotopic (exact) mass is 270 g/mol. The average molecular weight is 270 g/mol. The lowest BCUT2D eigenvalue weighted by molar-refractivity contribution is -0.108. The Hall–Kier alpha value is -0.870. The number of rotatable bonds is 4. The number of hydrogen-bond acceptors (Lipinski definition) is 2. The number of alkyl halides is 3. The summed E-state index contributed by atoms with van der Waals surface area (Å²) in [5.41, 5.74) is 0. The molecule has 0 fully saturated rings. The predicted octanol–water partition coefficient (Wildman–Crippen LogP) is 3.33. The van der Waals surface area contributed by atoms with Crippen molar-refractivity contribution in [3.8, 4) is 0 Å². The molecular weight excluding hydrogens is 259 g/mol. The van der Waals surface area contributed by atoms with Gasteiger partial charge in [-0.05, 0) is 19.1 Å². The average Bonchev–Trinajstić information content (AvgIpc) is 2.15. The van der Waals surface area contributed by atoms with E-state index < -0.39 is 30.8 Å². The molecule has 0 aliphatic carbocycles. The molecule has 0 bridgehead atoms. The van der Waals surface area contributed by atoms with Crippen LogP contribution in [0.4, 0.5) is 17.6 Å². The summed E-state index contributed by atoms with van der Waals surface area (Å²) in [6.45, 7) is 1.23. The molecule has 2 nitrogen and oxygen atoms in total. The molecule has 0 amide bonds. The van der Waals surface area contributed by atoms with Crippen molar-refractivity contribution in [2.75, 3.05) is 12.8 Å². The Balaban J connectivity index is 3.17. The van der Waals surface area contributed by atoms with Crippen molar-refractivity contribution < 1.29 is 26.7 Å². The van der Waals surface area contributed by atoms with Gasteiger partial charge in [0, 0.05) is 0 Å². The fourth-order valence-electron chi connectivity index (χ4n) is 1.37. The zero-order valence-electron chi connectivity index (χ0n) is 9.00. The lowest BCUT2D eigenvalue weighted by Gasteiger charge is -2.19. The van der Waals surface area contributed by atoms with Gasteiger partial charge in [0.25, 0.3) is 0 Å². The van der Waals surface area contributed by atoms with Crippen LogP contribution in [0.25, 0.3) is 0 Å². The molecule has 0 radical (unpaired) electrons. The first kappa shape index (κ1) is 14.2. The third-order valence-electron chi connectivity index (χ3n) is 1.94. The minimum Gasteiger partial charge on any atom is -0.325 e. The topological polar surface area (TPSA) is 26.3 Å². The highest BCUT2D eigenvalue weighted by Crippen LogP contribution is 2.50. The van der Waals surface area contributed by atoms with Gasteiger partial charge < -0.3 is 4.52 Å². The van der Waals surface area contributed by atoms with Crippen LogP contribution in [0.5, 0.6) is 0 Å². The van der Waals surface area contributed by atoms with Crippen LogP contribution in [-0.2, 0) is 9.09 Å². The Morgan fingerprint density at radius 3 is 2.35 bits per heavy atom. The van der Waals surface area contributed by atoms with E-state index >= 15 is 0 Å². The molecule has 0 saturated carbocycles. The summed E-state index contributed by atoms with van der Waals surface area (Å²) in [5.74, 6) is -0.950. The van der Waals surface area contributed by atoms with Gasteiger partial charge in [-0.1, -0.05) is 12.1 Å². The molecular formula is C10H11F4O2P. The van der Waals surface area contributed by atoms with Crippen LogP contribution in [0, 0.1) is 5.82 Å². The van der Waals surface area contributed by atoms with Crippen molar-refractivity contribution in [1.82, 2.24) is 0 Å². The highest BCUT2D eigenvalue weighted by atomic mass is 31.2. The summed E-state index contributed by atoms with van der Waals surface area (Å²) in [4.78, 5) is 0. The number of benzene rings is 1. The van der Waals surface area contributed by atoms with Crippen LogP contribution in [0.1, 0.15) is 6.92 Å². The summed E-state index contributed by atoms with van der Waals surface area (Å²) in [6, 6.07) is 4.64. The highest BCUT2D eigenvalue weighted by molar-refractivity contribution is 7.67. The van der Waals surface area contributed by atoms with E-state index in [4.69, 9.17) is 0 Å². The zero-order chi connectivity index (χ0) is 13.1. The van der Waals surface area contributed by atoms with Crippen LogP contribution in [-0.4, -0.2) is 18.9 Å². The quantitative estimate of drug-likeness (QED) is 0.619. The molecule has 0 N–H and O–H groups in total. The molecule has 0 saturated heterocycles. The summed E-state index contributed by atoms with van der Waals surface area (Å²) < 4.78 is 67.1. The molecule has 96 valence electrons. The standard InChI is InChI=1S/C10H11F4O2P/c1-2-16-17(15,7-10(12,13)14)9-6-4-3-5-8(9)11/h3-6H,2,7H2,1H3. The Morgan fingerprint density at radius 1 is 1.29 bits per heavy atom. The van der Waals surface area contributed by atoms with Crippen LogP contribution in [0.2, 0.25) is 0 Å². The summed E-state index contributed by atoms with van der Waals surface area (Å²) in [5, 5.41) is -0.515. The lowest BCUT2D eigenvalue weighted by atomic mass is 10.3. The largest absolute Gasteiger partial charge is 0.398 e. The van der Waals surface area contributed by atoms with Crippen molar-refractivity contribution in [1.29, 1.82) is 0 Å². The third-order valence-corrected chi connectivity index (χ3v) is 4.49. The molecule has 7 heteroatoms. The summed E-state index contributed by atoms with van der Waals surface area (Å²) >= 11 is 0. The van der Waals surface area contributed by atoms with E-state index in [0.29, 0.717) is 0 Å².